The van der Waals surface area contributed by atoms with Gasteiger partial charge >= 0.3 is 0 Å². The highest BCUT2D eigenvalue weighted by Gasteiger charge is 2.48. The summed E-state index contributed by atoms with van der Waals surface area (Å²) in [7, 11) is 0. The zero-order valence-corrected chi connectivity index (χ0v) is 17.9. The van der Waals surface area contributed by atoms with Crippen LogP contribution in [0.15, 0.2) is 12.4 Å². The zero-order valence-electron chi connectivity index (χ0n) is 17.9. The molecule has 0 unspecified atom stereocenters. The van der Waals surface area contributed by atoms with E-state index < -0.39 is 0 Å². The third kappa shape index (κ3) is 3.96. The Balaban J connectivity index is 1.23. The predicted octanol–water partition coefficient (Wildman–Crippen LogP) is 4.04. The van der Waals surface area contributed by atoms with Crippen LogP contribution in [0.4, 0.5) is 5.69 Å². The molecule has 0 aromatic carbocycles. The maximum absolute atomic E-state index is 12.0. The average Bonchev–Trinajstić information content (AvgIpc) is 2.72. The number of Topliss-reactive ketones (excluding diaryl/α,β-unsaturated/α-hetero) is 1. The summed E-state index contributed by atoms with van der Waals surface area (Å²) in [5.41, 5.74) is 1.72. The average molecular weight is 385 g/mol. The molecule has 2 aliphatic carbocycles. The van der Waals surface area contributed by atoms with Gasteiger partial charge < -0.3 is 4.90 Å². The second kappa shape index (κ2) is 8.10. The van der Waals surface area contributed by atoms with Gasteiger partial charge in [0.15, 0.2) is 0 Å². The summed E-state index contributed by atoms with van der Waals surface area (Å²) in [5, 5.41) is 0. The highest BCUT2D eigenvalue weighted by atomic mass is 16.1. The number of ketones is 1. The Labute approximate surface area is 169 Å². The van der Waals surface area contributed by atoms with E-state index in [1.54, 1.807) is 0 Å². The topological polar surface area (TPSA) is 49.3 Å². The number of carbonyl (C=O) groups excluding carboxylic acids is 1. The normalized spacial score (nSPS) is 31.2. The molecule has 0 amide bonds. The van der Waals surface area contributed by atoms with Crippen LogP contribution < -0.4 is 4.90 Å². The lowest BCUT2D eigenvalue weighted by atomic mass is 9.56. The van der Waals surface area contributed by atoms with Gasteiger partial charge in [-0.15, -0.1) is 0 Å². The van der Waals surface area contributed by atoms with Gasteiger partial charge in [-0.1, -0.05) is 20.8 Å². The van der Waals surface area contributed by atoms with E-state index >= 15 is 0 Å². The summed E-state index contributed by atoms with van der Waals surface area (Å²) < 4.78 is 0. The Hall–Kier alpha value is -1.49. The van der Waals surface area contributed by atoms with Gasteiger partial charge in [-0.25, -0.2) is 9.97 Å². The van der Waals surface area contributed by atoms with E-state index in [4.69, 9.17) is 0 Å². The summed E-state index contributed by atoms with van der Waals surface area (Å²) in [6.07, 6.45) is 12.2. The van der Waals surface area contributed by atoms with Crippen molar-refractivity contribution in [1.82, 2.24) is 14.9 Å². The Morgan fingerprint density at radius 2 is 1.71 bits per heavy atom. The highest BCUT2D eigenvalue weighted by Crippen LogP contribution is 2.54. The molecular formula is C23H36N4O. The number of aromatic nitrogens is 2. The van der Waals surface area contributed by atoms with Gasteiger partial charge in [0, 0.05) is 50.5 Å². The Morgan fingerprint density at radius 1 is 1.11 bits per heavy atom. The summed E-state index contributed by atoms with van der Waals surface area (Å²) in [5.74, 6) is 2.17. The standard InChI is InChI=1S/C23H36N4O/c1-4-21(28)18-5-7-23(8-6-18)13-19(14-23)26-9-11-27(12-10-26)20-15-24-22(17(2)3)25-16-20/h15-19H,4-14H2,1-3H3. The van der Waals surface area contributed by atoms with Crippen LogP contribution in [0.25, 0.3) is 0 Å². The number of piperazine rings is 1. The van der Waals surface area contributed by atoms with Crippen molar-refractivity contribution in [2.75, 3.05) is 31.1 Å². The molecule has 2 saturated carbocycles. The number of hydrogen-bond acceptors (Lipinski definition) is 5. The fourth-order valence-corrected chi connectivity index (χ4v) is 5.59. The molecule has 0 atom stereocenters. The molecule has 154 valence electrons. The van der Waals surface area contributed by atoms with Gasteiger partial charge in [-0.05, 0) is 43.9 Å². The Bertz CT molecular complexity index is 662. The van der Waals surface area contributed by atoms with Crippen molar-refractivity contribution in [2.45, 2.75) is 77.7 Å². The highest BCUT2D eigenvalue weighted by molar-refractivity contribution is 5.80. The van der Waals surface area contributed by atoms with E-state index in [-0.39, 0.29) is 0 Å². The van der Waals surface area contributed by atoms with Gasteiger partial charge in [0.25, 0.3) is 0 Å². The molecule has 5 nitrogen and oxygen atoms in total. The van der Waals surface area contributed by atoms with Gasteiger partial charge in [0.05, 0.1) is 18.1 Å². The van der Waals surface area contributed by atoms with Crippen LogP contribution in [0.1, 0.15) is 77.5 Å². The maximum Gasteiger partial charge on any atom is 0.135 e. The van der Waals surface area contributed by atoms with E-state index in [1.165, 1.54) is 25.7 Å². The molecule has 1 aromatic rings. The van der Waals surface area contributed by atoms with Crippen molar-refractivity contribution in [2.24, 2.45) is 11.3 Å². The van der Waals surface area contributed by atoms with Gasteiger partial charge in [-0.2, -0.15) is 0 Å². The molecule has 1 aromatic heterocycles. The number of anilines is 1. The summed E-state index contributed by atoms with van der Waals surface area (Å²) in [6.45, 7) is 10.7. The van der Waals surface area contributed by atoms with Crippen molar-refractivity contribution in [3.05, 3.63) is 18.2 Å². The van der Waals surface area contributed by atoms with Crippen LogP contribution >= 0.6 is 0 Å². The first-order valence-corrected chi connectivity index (χ1v) is 11.3. The van der Waals surface area contributed by atoms with E-state index in [0.717, 1.165) is 63.0 Å². The number of rotatable bonds is 5. The quantitative estimate of drug-likeness (QED) is 0.767. The molecule has 1 spiro atoms. The van der Waals surface area contributed by atoms with Gasteiger partial charge in [0.2, 0.25) is 0 Å². The molecule has 3 fully saturated rings. The number of hydrogen-bond donors (Lipinski definition) is 0. The molecule has 28 heavy (non-hydrogen) atoms. The number of nitrogens with zero attached hydrogens (tertiary/aromatic N) is 4. The lowest BCUT2D eigenvalue weighted by molar-refractivity contribution is -0.125. The SMILES string of the molecule is CCC(=O)C1CCC2(CC1)CC(N1CCN(c3cnc(C(C)C)nc3)CC1)C2. The van der Waals surface area contributed by atoms with Crippen LogP contribution in [0, 0.1) is 11.3 Å². The fourth-order valence-electron chi connectivity index (χ4n) is 5.59. The monoisotopic (exact) mass is 384 g/mol. The minimum absolute atomic E-state index is 0.363. The molecule has 4 rings (SSSR count). The third-order valence-electron chi connectivity index (χ3n) is 7.56. The van der Waals surface area contributed by atoms with Crippen molar-refractivity contribution < 1.29 is 4.79 Å². The van der Waals surface area contributed by atoms with Crippen LogP contribution in [0.3, 0.4) is 0 Å². The minimum atomic E-state index is 0.363. The maximum atomic E-state index is 12.0. The van der Waals surface area contributed by atoms with Gasteiger partial charge in [-0.3, -0.25) is 9.69 Å². The molecule has 0 N–H and O–H groups in total. The van der Waals surface area contributed by atoms with Crippen molar-refractivity contribution in [1.29, 1.82) is 0 Å². The predicted molar refractivity (Wildman–Crippen MR) is 113 cm³/mol. The second-order valence-electron chi connectivity index (χ2n) is 9.63. The number of carbonyl (C=O) groups is 1. The van der Waals surface area contributed by atoms with E-state index in [1.807, 2.05) is 19.3 Å². The first kappa shape index (κ1) is 19.8. The van der Waals surface area contributed by atoms with Crippen LogP contribution in [-0.4, -0.2) is 52.9 Å². The molecule has 0 bridgehead atoms. The zero-order chi connectivity index (χ0) is 19.7. The van der Waals surface area contributed by atoms with Crippen LogP contribution in [0.5, 0.6) is 0 Å². The Kier molecular flexibility index (Phi) is 5.73. The molecule has 3 aliphatic rings. The molecular weight excluding hydrogens is 348 g/mol. The van der Waals surface area contributed by atoms with Crippen molar-refractivity contribution in [3.63, 3.8) is 0 Å². The molecule has 1 saturated heterocycles. The molecule has 0 radical (unpaired) electrons. The summed E-state index contributed by atoms with van der Waals surface area (Å²) in [6, 6.07) is 0.764. The van der Waals surface area contributed by atoms with Gasteiger partial charge in [0.1, 0.15) is 11.6 Å². The Morgan fingerprint density at radius 3 is 2.25 bits per heavy atom. The van der Waals surface area contributed by atoms with Crippen LogP contribution in [-0.2, 0) is 4.79 Å². The van der Waals surface area contributed by atoms with E-state index in [2.05, 4.69) is 33.6 Å². The lowest BCUT2D eigenvalue weighted by Gasteiger charge is -2.56. The van der Waals surface area contributed by atoms with Crippen LogP contribution in [0.2, 0.25) is 0 Å². The van der Waals surface area contributed by atoms with E-state index in [9.17, 15) is 4.79 Å². The van der Waals surface area contributed by atoms with Crippen molar-refractivity contribution >= 4 is 11.5 Å². The third-order valence-corrected chi connectivity index (χ3v) is 7.56. The summed E-state index contributed by atoms with van der Waals surface area (Å²) in [4.78, 5) is 26.2. The molecule has 5 heteroatoms. The minimum Gasteiger partial charge on any atom is -0.366 e. The second-order valence-corrected chi connectivity index (χ2v) is 9.63. The first-order valence-electron chi connectivity index (χ1n) is 11.3. The fraction of sp³-hybridized carbons (Fsp3) is 0.783. The van der Waals surface area contributed by atoms with Crippen molar-refractivity contribution in [3.8, 4) is 0 Å². The largest absolute Gasteiger partial charge is 0.366 e. The summed E-state index contributed by atoms with van der Waals surface area (Å²) >= 11 is 0. The smallest absolute Gasteiger partial charge is 0.135 e. The lowest BCUT2D eigenvalue weighted by Crippen LogP contribution is -2.57. The van der Waals surface area contributed by atoms with E-state index in [0.29, 0.717) is 23.0 Å². The first-order chi connectivity index (χ1) is 13.5. The molecule has 2 heterocycles. The molecule has 1 aliphatic heterocycles.